The van der Waals surface area contributed by atoms with Crippen molar-refractivity contribution in [1.29, 1.82) is 0 Å². The van der Waals surface area contributed by atoms with E-state index in [1.54, 1.807) is 0 Å². The third-order valence-corrected chi connectivity index (χ3v) is 3.07. The van der Waals surface area contributed by atoms with Crippen molar-refractivity contribution in [3.63, 3.8) is 0 Å². The van der Waals surface area contributed by atoms with Crippen LogP contribution >= 0.6 is 12.6 Å². The first-order chi connectivity index (χ1) is 6.16. The molecule has 0 aromatic heterocycles. The molecular weight excluding hydrogens is 184 g/mol. The number of carbonyl (C=O) groups excluding carboxylic acids is 1. The summed E-state index contributed by atoms with van der Waals surface area (Å²) >= 11 is 4.36. The molecule has 0 spiro atoms. The molecule has 0 saturated heterocycles. The fraction of sp³-hybridized carbons (Fsp3) is 0.700. The number of allylic oxidation sites excluding steroid dienone is 1. The van der Waals surface area contributed by atoms with Crippen LogP contribution in [0.1, 0.15) is 33.1 Å². The Labute approximate surface area is 84.8 Å². The summed E-state index contributed by atoms with van der Waals surface area (Å²) in [5.74, 6) is 0.232. The second-order valence-electron chi connectivity index (χ2n) is 3.38. The molecule has 1 aliphatic carbocycles. The fourth-order valence-corrected chi connectivity index (χ4v) is 1.90. The average Bonchev–Trinajstić information content (AvgIpc) is 2.10. The van der Waals surface area contributed by atoms with Gasteiger partial charge in [0.15, 0.2) is 0 Å². The van der Waals surface area contributed by atoms with E-state index in [4.69, 9.17) is 4.74 Å². The maximum absolute atomic E-state index is 11.4. The Morgan fingerprint density at radius 1 is 1.69 bits per heavy atom. The van der Waals surface area contributed by atoms with Gasteiger partial charge in [-0.2, -0.15) is 0 Å². The van der Waals surface area contributed by atoms with E-state index in [1.165, 1.54) is 0 Å². The van der Waals surface area contributed by atoms with Crippen LogP contribution in [0.5, 0.6) is 0 Å². The second kappa shape index (κ2) is 4.70. The van der Waals surface area contributed by atoms with Crippen LogP contribution in [-0.2, 0) is 9.53 Å². The number of hydrogen-bond acceptors (Lipinski definition) is 3. The lowest BCUT2D eigenvalue weighted by molar-refractivity contribution is -0.138. The summed E-state index contributed by atoms with van der Waals surface area (Å²) in [5, 5.41) is 0. The van der Waals surface area contributed by atoms with E-state index in [0.717, 1.165) is 29.7 Å². The first-order valence-corrected chi connectivity index (χ1v) is 5.20. The van der Waals surface area contributed by atoms with E-state index in [1.807, 2.05) is 6.92 Å². The molecule has 3 heteroatoms. The molecule has 0 heterocycles. The maximum atomic E-state index is 11.4. The van der Waals surface area contributed by atoms with Gasteiger partial charge in [-0.3, -0.25) is 0 Å². The topological polar surface area (TPSA) is 26.3 Å². The van der Waals surface area contributed by atoms with Gasteiger partial charge in [-0.05, 0) is 37.0 Å². The van der Waals surface area contributed by atoms with Crippen molar-refractivity contribution in [2.75, 3.05) is 6.61 Å². The summed E-state index contributed by atoms with van der Waals surface area (Å²) in [4.78, 5) is 12.3. The van der Waals surface area contributed by atoms with E-state index in [2.05, 4.69) is 19.6 Å². The lowest BCUT2D eigenvalue weighted by atomic mass is 9.91. The molecule has 0 radical (unpaired) electrons. The summed E-state index contributed by atoms with van der Waals surface area (Å²) in [6.07, 6.45) is 3.02. The molecule has 1 atom stereocenters. The van der Waals surface area contributed by atoms with Gasteiger partial charge in [0.2, 0.25) is 0 Å². The van der Waals surface area contributed by atoms with Crippen LogP contribution in [0.2, 0.25) is 0 Å². The molecular formula is C10H16O2S. The highest BCUT2D eigenvalue weighted by Gasteiger charge is 2.22. The van der Waals surface area contributed by atoms with Crippen molar-refractivity contribution in [3.8, 4) is 0 Å². The Bertz CT molecular complexity index is 233. The van der Waals surface area contributed by atoms with E-state index < -0.39 is 0 Å². The first kappa shape index (κ1) is 10.6. The quantitative estimate of drug-likeness (QED) is 0.547. The monoisotopic (exact) mass is 200 g/mol. The van der Waals surface area contributed by atoms with Gasteiger partial charge in [0.1, 0.15) is 0 Å². The van der Waals surface area contributed by atoms with Gasteiger partial charge in [-0.15, -0.1) is 12.6 Å². The molecule has 1 rings (SSSR count). The Morgan fingerprint density at radius 3 is 3.00 bits per heavy atom. The first-order valence-electron chi connectivity index (χ1n) is 4.76. The molecule has 2 nitrogen and oxygen atoms in total. The van der Waals surface area contributed by atoms with Crippen LogP contribution in [0.4, 0.5) is 0 Å². The fourth-order valence-electron chi connectivity index (χ4n) is 1.57. The van der Waals surface area contributed by atoms with Crippen molar-refractivity contribution in [1.82, 2.24) is 0 Å². The minimum absolute atomic E-state index is 0.181. The predicted octanol–water partition coefficient (Wildman–Crippen LogP) is 2.55. The average molecular weight is 200 g/mol. The van der Waals surface area contributed by atoms with E-state index >= 15 is 0 Å². The minimum Gasteiger partial charge on any atom is -0.463 e. The summed E-state index contributed by atoms with van der Waals surface area (Å²) in [6, 6.07) is 0. The molecule has 0 aromatic carbocycles. The number of esters is 1. The van der Waals surface area contributed by atoms with Crippen molar-refractivity contribution in [3.05, 3.63) is 10.5 Å². The van der Waals surface area contributed by atoms with Gasteiger partial charge in [0.25, 0.3) is 0 Å². The Hall–Kier alpha value is -0.440. The Morgan fingerprint density at radius 2 is 2.38 bits per heavy atom. The number of carbonyl (C=O) groups is 1. The molecule has 0 N–H and O–H groups in total. The largest absolute Gasteiger partial charge is 0.463 e. The number of ether oxygens (including phenoxy) is 1. The van der Waals surface area contributed by atoms with Crippen molar-refractivity contribution in [2.45, 2.75) is 33.1 Å². The van der Waals surface area contributed by atoms with Gasteiger partial charge >= 0.3 is 5.97 Å². The third kappa shape index (κ3) is 2.50. The molecule has 1 unspecified atom stereocenters. The van der Waals surface area contributed by atoms with Gasteiger partial charge in [-0.25, -0.2) is 4.79 Å². The molecule has 0 fully saturated rings. The van der Waals surface area contributed by atoms with Crippen LogP contribution in [-0.4, -0.2) is 12.6 Å². The number of thiol groups is 1. The normalized spacial score (nSPS) is 23.2. The molecule has 0 aromatic rings. The number of hydrogen-bond donors (Lipinski definition) is 1. The summed E-state index contributed by atoms with van der Waals surface area (Å²) < 4.78 is 4.95. The predicted molar refractivity (Wildman–Crippen MR) is 55.7 cm³/mol. The lowest BCUT2D eigenvalue weighted by Gasteiger charge is -2.21. The SMILES string of the molecule is CCOC(=O)C1=C(S)C(C)CCC1. The molecule has 0 aliphatic heterocycles. The summed E-state index contributed by atoms with van der Waals surface area (Å²) in [6.45, 7) is 4.36. The van der Waals surface area contributed by atoms with E-state index in [-0.39, 0.29) is 5.97 Å². The smallest absolute Gasteiger partial charge is 0.334 e. The van der Waals surface area contributed by atoms with Gasteiger partial charge in [-0.1, -0.05) is 6.92 Å². The Kier molecular flexibility index (Phi) is 3.85. The zero-order valence-corrected chi connectivity index (χ0v) is 9.06. The number of rotatable bonds is 2. The second-order valence-corrected chi connectivity index (χ2v) is 3.86. The van der Waals surface area contributed by atoms with Crippen LogP contribution in [0.15, 0.2) is 10.5 Å². The molecule has 0 bridgehead atoms. The molecule has 1 aliphatic rings. The standard InChI is InChI=1S/C10H16O2S/c1-3-12-10(11)8-6-4-5-7(2)9(8)13/h7,13H,3-6H2,1-2H3. The van der Waals surface area contributed by atoms with Gasteiger partial charge < -0.3 is 4.74 Å². The van der Waals surface area contributed by atoms with Crippen molar-refractivity contribution < 1.29 is 9.53 Å². The van der Waals surface area contributed by atoms with Crippen LogP contribution in [0.3, 0.4) is 0 Å². The summed E-state index contributed by atoms with van der Waals surface area (Å²) in [5.41, 5.74) is 0.781. The minimum atomic E-state index is -0.181. The van der Waals surface area contributed by atoms with Gasteiger partial charge in [0.05, 0.1) is 6.61 Å². The summed E-state index contributed by atoms with van der Waals surface area (Å²) in [7, 11) is 0. The van der Waals surface area contributed by atoms with Crippen LogP contribution < -0.4 is 0 Å². The lowest BCUT2D eigenvalue weighted by Crippen LogP contribution is -2.15. The van der Waals surface area contributed by atoms with Crippen LogP contribution in [0.25, 0.3) is 0 Å². The molecule has 0 amide bonds. The molecule has 13 heavy (non-hydrogen) atoms. The van der Waals surface area contributed by atoms with Crippen molar-refractivity contribution >= 4 is 18.6 Å². The highest BCUT2D eigenvalue weighted by atomic mass is 32.1. The zero-order chi connectivity index (χ0) is 9.84. The highest BCUT2D eigenvalue weighted by molar-refractivity contribution is 7.84. The highest BCUT2D eigenvalue weighted by Crippen LogP contribution is 2.32. The molecule has 0 saturated carbocycles. The van der Waals surface area contributed by atoms with E-state index in [9.17, 15) is 4.79 Å². The van der Waals surface area contributed by atoms with Crippen molar-refractivity contribution in [2.24, 2.45) is 5.92 Å². The zero-order valence-electron chi connectivity index (χ0n) is 8.17. The van der Waals surface area contributed by atoms with E-state index in [0.29, 0.717) is 12.5 Å². The molecule has 74 valence electrons. The van der Waals surface area contributed by atoms with Crippen LogP contribution in [0, 0.1) is 5.92 Å². The maximum Gasteiger partial charge on any atom is 0.334 e. The Balaban J connectivity index is 2.76. The third-order valence-electron chi connectivity index (χ3n) is 2.36. The van der Waals surface area contributed by atoms with Gasteiger partial charge in [0, 0.05) is 5.57 Å².